The normalized spacial score (nSPS) is 2.40. The number of hydrogen-bond acceptors (Lipinski definition) is 1. The minimum absolute atomic E-state index is 0. The van der Waals surface area contributed by atoms with Crippen molar-refractivity contribution in [3.8, 4) is 0 Å². The molecule has 0 radical (unpaired) electrons. The summed E-state index contributed by atoms with van der Waals surface area (Å²) in [6.45, 7) is 0. The molecule has 0 aliphatic heterocycles. The van der Waals surface area contributed by atoms with E-state index >= 15 is 0 Å². The Morgan fingerprint density at radius 2 is 1.80 bits per heavy atom. The molecule has 0 atom stereocenters. The fourth-order valence-corrected chi connectivity index (χ4v) is 0. The Bertz CT molecular complexity index is 23.0. The van der Waals surface area contributed by atoms with Gasteiger partial charge in [-0.3, -0.25) is 0 Å². The van der Waals surface area contributed by atoms with Gasteiger partial charge in [0.05, 0.1) is 0 Å². The van der Waals surface area contributed by atoms with Crippen molar-refractivity contribution in [1.82, 2.24) is 0 Å². The molecule has 2 N–H and O–H groups in total. The Kier molecular flexibility index (Phi) is 54.9. The summed E-state index contributed by atoms with van der Waals surface area (Å²) in [5.74, 6) is 0. The van der Waals surface area contributed by atoms with Crippen LogP contribution in [0.5, 0.6) is 0 Å². The number of amides is 1. The van der Waals surface area contributed by atoms with Gasteiger partial charge >= 0.3 is 70.2 Å². The van der Waals surface area contributed by atoms with Crippen LogP contribution >= 0.6 is 0 Å². The number of primary amides is 1. The predicted octanol–water partition coefficient (Wildman–Crippen LogP) is -6.87. The second-order valence-electron chi connectivity index (χ2n) is 0.118. The quantitative estimate of drug-likeness (QED) is 0.180. The second-order valence-corrected chi connectivity index (χ2v) is 0.118. The summed E-state index contributed by atoms with van der Waals surface area (Å²) in [6.07, 6.45) is 1.00. The molecule has 0 aromatic carbocycles. The zero-order valence-electron chi connectivity index (χ0n) is 4.49. The molecule has 4 heteroatoms. The maximum atomic E-state index is 8.46. The summed E-state index contributed by atoms with van der Waals surface area (Å²) < 4.78 is 0. The molecule has 0 aliphatic carbocycles. The number of rotatable bonds is 0. The fourth-order valence-electron chi connectivity index (χ4n) is 0. The van der Waals surface area contributed by atoms with Crippen molar-refractivity contribution in [3.63, 3.8) is 0 Å². The number of hydrogen-bond donors (Lipinski definition) is 1. The van der Waals surface area contributed by atoms with E-state index in [1.807, 2.05) is 0 Å². The molecule has 0 aliphatic rings. The van der Waals surface area contributed by atoms with Crippen LogP contribution in [-0.2, 0) is 4.79 Å². The van der Waals surface area contributed by atoms with Gasteiger partial charge in [-0.1, -0.05) is 0 Å². The third-order valence-corrected chi connectivity index (χ3v) is 0. The molecule has 0 heterocycles. The van der Waals surface area contributed by atoms with E-state index in [0.717, 1.165) is 6.41 Å². The molecule has 1 amide bonds. The van der Waals surface area contributed by atoms with Crippen molar-refractivity contribution in [2.75, 3.05) is 0 Å². The molecule has 2 nitrogen and oxygen atoms in total. The zero-order chi connectivity index (χ0) is 2.71. The standard InChI is InChI=1S/CH2NO.K.Li.H/c2-1-3;;;/h(H2,2,3);;;/q-1;2*+1;-1. The first-order valence-corrected chi connectivity index (χ1v) is 0.493. The minimum Gasteiger partial charge on any atom is -1.00 e. The molecular formula is CH3KLiNO. The number of carbonyl (C=O) groups excluding carboxylic acids is 1. The van der Waals surface area contributed by atoms with Crippen LogP contribution in [-0.4, -0.2) is 6.41 Å². The van der Waals surface area contributed by atoms with Crippen molar-refractivity contribution >= 4 is 6.41 Å². The largest absolute Gasteiger partial charge is 1.00 e. The monoisotopic (exact) mass is 91.0 g/mol. The van der Waals surface area contributed by atoms with Gasteiger partial charge in [0.15, 0.2) is 0 Å². The van der Waals surface area contributed by atoms with Gasteiger partial charge in [-0.15, -0.1) is 0 Å². The Morgan fingerprint density at radius 3 is 1.80 bits per heavy atom. The van der Waals surface area contributed by atoms with Crippen molar-refractivity contribution in [3.05, 3.63) is 0 Å². The average Bonchev–Trinajstić information content (AvgIpc) is 0.918. The summed E-state index contributed by atoms with van der Waals surface area (Å²) in [7, 11) is 0. The Labute approximate surface area is 86.9 Å². The summed E-state index contributed by atoms with van der Waals surface area (Å²) >= 11 is 0. The molecule has 0 saturated heterocycles. The zero-order valence-corrected chi connectivity index (χ0v) is 6.61. The van der Waals surface area contributed by atoms with Crippen LogP contribution in [0.15, 0.2) is 0 Å². The Morgan fingerprint density at radius 1 is 1.80 bits per heavy atom. The molecule has 0 aromatic heterocycles. The predicted molar refractivity (Wildman–Crippen MR) is 11.0 cm³/mol. The molecule has 20 valence electrons. The van der Waals surface area contributed by atoms with Crippen molar-refractivity contribution < 1.29 is 76.5 Å². The summed E-state index contributed by atoms with van der Waals surface area (Å²) in [5.41, 5.74) is 4.04. The minimum atomic E-state index is 0. The van der Waals surface area contributed by atoms with E-state index in [2.05, 4.69) is 5.73 Å². The molecule has 0 spiro atoms. The first-order chi connectivity index (χ1) is 1.41. The van der Waals surface area contributed by atoms with Crippen LogP contribution in [0.3, 0.4) is 0 Å². The van der Waals surface area contributed by atoms with Crippen LogP contribution in [0.25, 0.3) is 0 Å². The second kappa shape index (κ2) is 17.3. The molecule has 0 fully saturated rings. The molecule has 0 aromatic rings. The molecular weight excluding hydrogens is 88.1 g/mol. The van der Waals surface area contributed by atoms with Gasteiger partial charge in [-0.25, -0.2) is 0 Å². The van der Waals surface area contributed by atoms with Gasteiger partial charge in [0.1, 0.15) is 0 Å². The van der Waals surface area contributed by atoms with E-state index < -0.39 is 0 Å². The van der Waals surface area contributed by atoms with Crippen LogP contribution in [0.2, 0.25) is 0 Å². The number of nitrogens with two attached hydrogens (primary N) is 1. The maximum Gasteiger partial charge on any atom is 1.00 e. The van der Waals surface area contributed by atoms with Gasteiger partial charge < -0.3 is 12.0 Å². The van der Waals surface area contributed by atoms with Crippen molar-refractivity contribution in [2.24, 2.45) is 5.73 Å². The third-order valence-electron chi connectivity index (χ3n) is 0. The van der Waals surface area contributed by atoms with E-state index in [0.29, 0.717) is 0 Å². The van der Waals surface area contributed by atoms with Gasteiger partial charge in [-0.05, 0) is 0 Å². The van der Waals surface area contributed by atoms with Gasteiger partial charge in [0.25, 0.3) is 0 Å². The summed E-state index contributed by atoms with van der Waals surface area (Å²) in [6, 6.07) is 0. The first-order valence-electron chi connectivity index (χ1n) is 0.493. The summed E-state index contributed by atoms with van der Waals surface area (Å²) in [4.78, 5) is 8.46. The average molecular weight is 91.1 g/mol. The van der Waals surface area contributed by atoms with Crippen molar-refractivity contribution in [2.45, 2.75) is 0 Å². The van der Waals surface area contributed by atoms with Crippen LogP contribution in [0, 0.1) is 0 Å². The Balaban J connectivity index is -0.00000000667. The third kappa shape index (κ3) is 27.0. The first kappa shape index (κ1) is 15.9. The topological polar surface area (TPSA) is 43.1 Å². The molecule has 0 saturated carbocycles. The van der Waals surface area contributed by atoms with E-state index in [1.54, 1.807) is 0 Å². The van der Waals surface area contributed by atoms with E-state index in [9.17, 15) is 0 Å². The van der Waals surface area contributed by atoms with Crippen LogP contribution in [0.4, 0.5) is 0 Å². The van der Waals surface area contributed by atoms with E-state index in [1.165, 1.54) is 0 Å². The molecule has 5 heavy (non-hydrogen) atoms. The van der Waals surface area contributed by atoms with E-state index in [4.69, 9.17) is 4.79 Å². The fraction of sp³-hybridized carbons (Fsp3) is 0. The van der Waals surface area contributed by atoms with Gasteiger partial charge in [-0.2, -0.15) is 6.41 Å². The van der Waals surface area contributed by atoms with Crippen LogP contribution in [0.1, 0.15) is 1.43 Å². The van der Waals surface area contributed by atoms with Gasteiger partial charge in [0.2, 0.25) is 0 Å². The summed E-state index contributed by atoms with van der Waals surface area (Å²) in [5, 5.41) is 0. The molecule has 0 unspecified atom stereocenters. The molecule has 0 rings (SSSR count). The molecule has 0 bridgehead atoms. The van der Waals surface area contributed by atoms with Crippen LogP contribution < -0.4 is 76.0 Å². The smallest absolute Gasteiger partial charge is 1.00 e. The van der Waals surface area contributed by atoms with E-state index in [-0.39, 0.29) is 71.7 Å². The SMILES string of the molecule is N[C-]=O.[H-].[K+].[Li+]. The van der Waals surface area contributed by atoms with Gasteiger partial charge in [0, 0.05) is 0 Å². The Hall–Kier alpha value is 1.70. The van der Waals surface area contributed by atoms with Crippen molar-refractivity contribution in [1.29, 1.82) is 0 Å². The maximum absolute atomic E-state index is 8.46.